The highest BCUT2D eigenvalue weighted by Gasteiger charge is 2.13. The van der Waals surface area contributed by atoms with Crippen molar-refractivity contribution < 1.29 is 14.7 Å². The molecule has 1 atom stereocenters. The zero-order valence-corrected chi connectivity index (χ0v) is 9.37. The predicted molar refractivity (Wildman–Crippen MR) is 60.1 cm³/mol. The van der Waals surface area contributed by atoms with Crippen molar-refractivity contribution in [1.82, 2.24) is 15.1 Å². The first kappa shape index (κ1) is 13.2. The lowest BCUT2D eigenvalue weighted by molar-refractivity contribution is -0.137. The van der Waals surface area contributed by atoms with E-state index in [1.807, 2.05) is 0 Å². The molecule has 1 aromatic heterocycles. The van der Waals surface area contributed by atoms with E-state index in [1.54, 1.807) is 23.1 Å². The quantitative estimate of drug-likeness (QED) is 0.577. The summed E-state index contributed by atoms with van der Waals surface area (Å²) in [6.45, 7) is 0.978. The van der Waals surface area contributed by atoms with E-state index in [2.05, 4.69) is 10.4 Å². The number of nitrogens with one attached hydrogen (secondary N) is 1. The summed E-state index contributed by atoms with van der Waals surface area (Å²) in [7, 11) is 0. The number of aliphatic carboxylic acids is 1. The van der Waals surface area contributed by atoms with Crippen molar-refractivity contribution in [2.45, 2.75) is 25.4 Å². The summed E-state index contributed by atoms with van der Waals surface area (Å²) in [6.07, 6.45) is 3.48. The van der Waals surface area contributed by atoms with Crippen molar-refractivity contribution in [3.05, 3.63) is 18.5 Å². The minimum atomic E-state index is -0.954. The van der Waals surface area contributed by atoms with E-state index in [0.717, 1.165) is 0 Å². The molecule has 0 aliphatic rings. The monoisotopic (exact) mass is 240 g/mol. The zero-order valence-electron chi connectivity index (χ0n) is 9.37. The standard InChI is InChI=1S/C10H16N4O3/c11-8(2-3-9(15)16)10(17)12-5-7-14-6-1-4-13-14/h1,4,6,8H,2-3,5,7,11H2,(H,12,17)(H,15,16). The van der Waals surface area contributed by atoms with Crippen LogP contribution in [0.1, 0.15) is 12.8 Å². The van der Waals surface area contributed by atoms with Crippen molar-refractivity contribution in [3.8, 4) is 0 Å². The van der Waals surface area contributed by atoms with Gasteiger partial charge in [-0.15, -0.1) is 0 Å². The fourth-order valence-electron chi connectivity index (χ4n) is 1.27. The molecule has 1 amide bonds. The van der Waals surface area contributed by atoms with Gasteiger partial charge < -0.3 is 16.2 Å². The second kappa shape index (κ2) is 6.64. The van der Waals surface area contributed by atoms with Crippen LogP contribution in [0.25, 0.3) is 0 Å². The Morgan fingerprint density at radius 1 is 1.53 bits per heavy atom. The average Bonchev–Trinajstić information content (AvgIpc) is 2.78. The molecule has 0 aromatic carbocycles. The van der Waals surface area contributed by atoms with Gasteiger partial charge in [-0.05, 0) is 12.5 Å². The smallest absolute Gasteiger partial charge is 0.303 e. The molecule has 0 bridgehead atoms. The third-order valence-electron chi connectivity index (χ3n) is 2.21. The van der Waals surface area contributed by atoms with Crippen molar-refractivity contribution in [3.63, 3.8) is 0 Å². The van der Waals surface area contributed by atoms with Gasteiger partial charge in [0, 0.05) is 25.4 Å². The number of rotatable bonds is 7. The lowest BCUT2D eigenvalue weighted by Crippen LogP contribution is -2.42. The molecule has 0 fully saturated rings. The van der Waals surface area contributed by atoms with Gasteiger partial charge in [0.25, 0.3) is 0 Å². The lowest BCUT2D eigenvalue weighted by atomic mass is 10.1. The van der Waals surface area contributed by atoms with Crippen LogP contribution in [0.5, 0.6) is 0 Å². The van der Waals surface area contributed by atoms with E-state index in [9.17, 15) is 9.59 Å². The molecule has 0 aliphatic heterocycles. The summed E-state index contributed by atoms with van der Waals surface area (Å²) in [6, 6.07) is 1.02. The molecule has 94 valence electrons. The summed E-state index contributed by atoms with van der Waals surface area (Å²) in [5.74, 6) is -1.29. The van der Waals surface area contributed by atoms with Crippen LogP contribution >= 0.6 is 0 Å². The largest absolute Gasteiger partial charge is 0.481 e. The van der Waals surface area contributed by atoms with Gasteiger partial charge in [0.2, 0.25) is 5.91 Å². The number of hydrogen-bond acceptors (Lipinski definition) is 4. The molecule has 1 rings (SSSR count). The third kappa shape index (κ3) is 5.12. The number of carbonyl (C=O) groups is 2. The highest BCUT2D eigenvalue weighted by atomic mass is 16.4. The Morgan fingerprint density at radius 2 is 2.29 bits per heavy atom. The number of aromatic nitrogens is 2. The minimum absolute atomic E-state index is 0.103. The van der Waals surface area contributed by atoms with Crippen LogP contribution in [0.2, 0.25) is 0 Å². The Hall–Kier alpha value is -1.89. The van der Waals surface area contributed by atoms with Gasteiger partial charge >= 0.3 is 5.97 Å². The molecule has 0 saturated heterocycles. The van der Waals surface area contributed by atoms with Crippen LogP contribution in [0.15, 0.2) is 18.5 Å². The maximum atomic E-state index is 11.4. The maximum absolute atomic E-state index is 11.4. The molecule has 0 aliphatic carbocycles. The predicted octanol–water partition coefficient (Wildman–Crippen LogP) is -0.809. The van der Waals surface area contributed by atoms with Gasteiger partial charge in [0.1, 0.15) is 0 Å². The molecule has 17 heavy (non-hydrogen) atoms. The molecule has 1 aromatic rings. The number of amides is 1. The van der Waals surface area contributed by atoms with Gasteiger partial charge in [0.05, 0.1) is 12.6 Å². The van der Waals surface area contributed by atoms with Crippen molar-refractivity contribution in [2.24, 2.45) is 5.73 Å². The number of carboxylic acids is 1. The van der Waals surface area contributed by atoms with E-state index in [-0.39, 0.29) is 18.7 Å². The van der Waals surface area contributed by atoms with Gasteiger partial charge in [-0.3, -0.25) is 14.3 Å². The minimum Gasteiger partial charge on any atom is -0.481 e. The molecule has 1 unspecified atom stereocenters. The van der Waals surface area contributed by atoms with E-state index in [0.29, 0.717) is 13.1 Å². The van der Waals surface area contributed by atoms with E-state index in [1.165, 1.54) is 0 Å². The van der Waals surface area contributed by atoms with Crippen molar-refractivity contribution >= 4 is 11.9 Å². The molecule has 4 N–H and O–H groups in total. The Bertz CT molecular complexity index is 364. The maximum Gasteiger partial charge on any atom is 0.303 e. The molecule has 7 heteroatoms. The molecular weight excluding hydrogens is 224 g/mol. The Balaban J connectivity index is 2.17. The Labute approximate surface area is 98.6 Å². The van der Waals surface area contributed by atoms with Gasteiger partial charge in [-0.2, -0.15) is 5.10 Å². The summed E-state index contributed by atoms with van der Waals surface area (Å²) in [5.41, 5.74) is 5.53. The highest BCUT2D eigenvalue weighted by molar-refractivity contribution is 5.82. The van der Waals surface area contributed by atoms with Crippen LogP contribution < -0.4 is 11.1 Å². The Kier molecular flexibility index (Phi) is 5.15. The van der Waals surface area contributed by atoms with Crippen LogP contribution in [0, 0.1) is 0 Å². The summed E-state index contributed by atoms with van der Waals surface area (Å²) >= 11 is 0. The molecular formula is C10H16N4O3. The normalized spacial score (nSPS) is 12.1. The van der Waals surface area contributed by atoms with Gasteiger partial charge in [0.15, 0.2) is 0 Å². The number of carbonyl (C=O) groups excluding carboxylic acids is 1. The number of hydrogen-bond donors (Lipinski definition) is 3. The van der Waals surface area contributed by atoms with E-state index < -0.39 is 12.0 Å². The van der Waals surface area contributed by atoms with Gasteiger partial charge in [-0.1, -0.05) is 0 Å². The highest BCUT2D eigenvalue weighted by Crippen LogP contribution is 1.94. The molecule has 7 nitrogen and oxygen atoms in total. The van der Waals surface area contributed by atoms with Crippen LogP contribution in [-0.2, 0) is 16.1 Å². The molecule has 0 spiro atoms. The second-order valence-corrected chi connectivity index (χ2v) is 3.60. The number of carboxylic acid groups (broad SMARTS) is 1. The SMILES string of the molecule is NC(CCC(=O)O)C(=O)NCCn1cccn1. The van der Waals surface area contributed by atoms with Gasteiger partial charge in [-0.25, -0.2) is 0 Å². The summed E-state index contributed by atoms with van der Waals surface area (Å²) in [5, 5.41) is 15.0. The first-order valence-corrected chi connectivity index (χ1v) is 5.32. The number of nitrogens with zero attached hydrogens (tertiary/aromatic N) is 2. The third-order valence-corrected chi connectivity index (χ3v) is 2.21. The first-order valence-electron chi connectivity index (χ1n) is 5.32. The fraction of sp³-hybridized carbons (Fsp3) is 0.500. The van der Waals surface area contributed by atoms with Crippen molar-refractivity contribution in [2.75, 3.05) is 6.54 Å². The topological polar surface area (TPSA) is 110 Å². The van der Waals surface area contributed by atoms with Crippen LogP contribution in [-0.4, -0.2) is 39.4 Å². The second-order valence-electron chi connectivity index (χ2n) is 3.60. The molecule has 0 saturated carbocycles. The first-order chi connectivity index (χ1) is 8.09. The lowest BCUT2D eigenvalue weighted by Gasteiger charge is -2.11. The van der Waals surface area contributed by atoms with E-state index >= 15 is 0 Å². The van der Waals surface area contributed by atoms with E-state index in [4.69, 9.17) is 10.8 Å². The number of nitrogens with two attached hydrogens (primary N) is 1. The fourth-order valence-corrected chi connectivity index (χ4v) is 1.27. The Morgan fingerprint density at radius 3 is 2.88 bits per heavy atom. The average molecular weight is 240 g/mol. The summed E-state index contributed by atoms with van der Waals surface area (Å²) in [4.78, 5) is 21.7. The molecule has 1 heterocycles. The molecule has 0 radical (unpaired) electrons. The van der Waals surface area contributed by atoms with Crippen LogP contribution in [0.3, 0.4) is 0 Å². The van der Waals surface area contributed by atoms with Crippen LogP contribution in [0.4, 0.5) is 0 Å². The summed E-state index contributed by atoms with van der Waals surface area (Å²) < 4.78 is 1.68. The zero-order chi connectivity index (χ0) is 12.7. The van der Waals surface area contributed by atoms with Crippen molar-refractivity contribution in [1.29, 1.82) is 0 Å².